The number of aliphatic hydroxyl groups is 1. The number of nitrogens with zero attached hydrogens (tertiary/aromatic N) is 1. The molecule has 0 saturated heterocycles. The highest BCUT2D eigenvalue weighted by Crippen LogP contribution is 2.24. The zero-order chi connectivity index (χ0) is 10.8. The largest absolute Gasteiger partial charge is 0.497 e. The fourth-order valence-corrected chi connectivity index (χ4v) is 2.71. The third-order valence-corrected chi connectivity index (χ3v) is 3.50. The molecule has 0 amide bonds. The van der Waals surface area contributed by atoms with Crippen molar-refractivity contribution in [2.24, 2.45) is 0 Å². The monoisotopic (exact) mass is 224 g/mol. The number of aliphatic hydroxyl groups excluding tert-OH is 1. The van der Waals surface area contributed by atoms with Crippen molar-refractivity contribution in [3.8, 4) is 5.75 Å². The highest BCUT2D eigenvalue weighted by Gasteiger charge is 2.16. The summed E-state index contributed by atoms with van der Waals surface area (Å²) in [7, 11) is 1.66. The standard InChI is InChI=1S/C11H14NO2S/c1-8-12(5-6-13)10-7-9(14-2)3-4-11(10)15-8/h3-4,7,13H,5-6H2,1-2H3/q+1. The van der Waals surface area contributed by atoms with E-state index < -0.39 is 0 Å². The number of hydrogen-bond acceptors (Lipinski definition) is 3. The Hall–Kier alpha value is -1.13. The molecule has 1 N–H and O–H groups in total. The molecule has 0 spiro atoms. The number of thiazole rings is 1. The normalized spacial score (nSPS) is 10.9. The van der Waals surface area contributed by atoms with E-state index in [0.717, 1.165) is 11.3 Å². The van der Waals surface area contributed by atoms with E-state index in [1.54, 1.807) is 18.4 Å². The topological polar surface area (TPSA) is 33.3 Å². The Morgan fingerprint density at radius 1 is 1.47 bits per heavy atom. The lowest BCUT2D eigenvalue weighted by Gasteiger charge is -1.97. The molecule has 2 aromatic rings. The molecule has 1 heterocycles. The number of aryl methyl sites for hydroxylation is 1. The van der Waals surface area contributed by atoms with Crippen LogP contribution in [0.1, 0.15) is 5.01 Å². The molecule has 1 aromatic carbocycles. The molecule has 4 heteroatoms. The second-order valence-electron chi connectivity index (χ2n) is 3.33. The highest BCUT2D eigenvalue weighted by atomic mass is 32.1. The molecule has 0 aliphatic carbocycles. The Morgan fingerprint density at radius 2 is 2.27 bits per heavy atom. The van der Waals surface area contributed by atoms with Gasteiger partial charge in [-0.05, 0) is 12.1 Å². The SMILES string of the molecule is COc1ccc2sc(C)[n+](CCO)c2c1. The Kier molecular flexibility index (Phi) is 2.88. The van der Waals surface area contributed by atoms with Gasteiger partial charge in [-0.2, -0.15) is 4.57 Å². The molecular formula is C11H14NO2S+. The van der Waals surface area contributed by atoms with Crippen molar-refractivity contribution in [3.05, 3.63) is 23.2 Å². The van der Waals surface area contributed by atoms with E-state index in [9.17, 15) is 0 Å². The van der Waals surface area contributed by atoms with Gasteiger partial charge < -0.3 is 9.84 Å². The van der Waals surface area contributed by atoms with Gasteiger partial charge in [-0.1, -0.05) is 11.3 Å². The van der Waals surface area contributed by atoms with E-state index in [-0.39, 0.29) is 6.61 Å². The number of hydrogen-bond donors (Lipinski definition) is 1. The van der Waals surface area contributed by atoms with E-state index in [2.05, 4.69) is 17.6 Å². The molecule has 3 nitrogen and oxygen atoms in total. The van der Waals surface area contributed by atoms with Crippen molar-refractivity contribution in [1.82, 2.24) is 0 Å². The first-order chi connectivity index (χ1) is 7.26. The van der Waals surface area contributed by atoms with Gasteiger partial charge in [0.2, 0.25) is 10.5 Å². The third-order valence-electron chi connectivity index (χ3n) is 2.42. The fourth-order valence-electron chi connectivity index (χ4n) is 1.68. The average Bonchev–Trinajstić information content (AvgIpc) is 2.55. The van der Waals surface area contributed by atoms with Crippen LogP contribution in [0, 0.1) is 6.92 Å². The molecule has 0 fully saturated rings. The molecule has 1 aromatic heterocycles. The Labute approximate surface area is 92.6 Å². The molecule has 0 aliphatic rings. The molecule has 2 rings (SSSR count). The summed E-state index contributed by atoms with van der Waals surface area (Å²) in [6, 6.07) is 6.02. The van der Waals surface area contributed by atoms with Gasteiger partial charge in [0.15, 0.2) is 6.54 Å². The first-order valence-electron chi connectivity index (χ1n) is 4.84. The number of methoxy groups -OCH3 is 1. The number of aromatic nitrogens is 1. The van der Waals surface area contributed by atoms with E-state index >= 15 is 0 Å². The number of fused-ring (bicyclic) bond motifs is 1. The number of benzene rings is 1. The van der Waals surface area contributed by atoms with Gasteiger partial charge in [0.25, 0.3) is 0 Å². The Morgan fingerprint density at radius 3 is 2.93 bits per heavy atom. The van der Waals surface area contributed by atoms with E-state index in [1.807, 2.05) is 12.1 Å². The molecule has 0 unspecified atom stereocenters. The maximum atomic E-state index is 9.00. The van der Waals surface area contributed by atoms with Crippen LogP contribution in [0.15, 0.2) is 18.2 Å². The highest BCUT2D eigenvalue weighted by molar-refractivity contribution is 7.18. The molecule has 0 bridgehead atoms. The van der Waals surface area contributed by atoms with Crippen LogP contribution in [0.5, 0.6) is 5.75 Å². The lowest BCUT2D eigenvalue weighted by molar-refractivity contribution is -0.674. The first kappa shape index (κ1) is 10.4. The van der Waals surface area contributed by atoms with Crippen molar-refractivity contribution < 1.29 is 14.4 Å². The Balaban J connectivity index is 2.61. The fraction of sp³-hybridized carbons (Fsp3) is 0.364. The second kappa shape index (κ2) is 4.16. The second-order valence-corrected chi connectivity index (χ2v) is 4.56. The third kappa shape index (κ3) is 1.82. The van der Waals surface area contributed by atoms with Crippen LogP contribution in [0.2, 0.25) is 0 Å². The molecule has 0 atom stereocenters. The molecular weight excluding hydrogens is 210 g/mol. The molecule has 0 radical (unpaired) electrons. The summed E-state index contributed by atoms with van der Waals surface area (Å²) in [5.41, 5.74) is 1.13. The van der Waals surface area contributed by atoms with Gasteiger partial charge >= 0.3 is 0 Å². The van der Waals surface area contributed by atoms with Crippen molar-refractivity contribution in [1.29, 1.82) is 0 Å². The molecule has 80 valence electrons. The maximum absolute atomic E-state index is 9.00. The number of rotatable bonds is 3. The predicted octanol–water partition coefficient (Wildman–Crippen LogP) is 1.50. The number of ether oxygens (including phenoxy) is 1. The first-order valence-corrected chi connectivity index (χ1v) is 5.65. The zero-order valence-electron chi connectivity index (χ0n) is 8.86. The maximum Gasteiger partial charge on any atom is 0.235 e. The van der Waals surface area contributed by atoms with Gasteiger partial charge in [0.05, 0.1) is 13.2 Å². The van der Waals surface area contributed by atoms with Crippen molar-refractivity contribution in [3.63, 3.8) is 0 Å². The van der Waals surface area contributed by atoms with Gasteiger partial charge in [0, 0.05) is 6.92 Å². The summed E-state index contributed by atoms with van der Waals surface area (Å²) in [4.78, 5) is 0. The summed E-state index contributed by atoms with van der Waals surface area (Å²) in [5.74, 6) is 0.854. The van der Waals surface area contributed by atoms with E-state index in [1.165, 1.54) is 9.71 Å². The molecule has 0 saturated carbocycles. The molecule has 15 heavy (non-hydrogen) atoms. The summed E-state index contributed by atoms with van der Waals surface area (Å²) in [5, 5.41) is 10.2. The van der Waals surface area contributed by atoms with Crippen LogP contribution in [0.25, 0.3) is 10.2 Å². The minimum absolute atomic E-state index is 0.161. The summed E-state index contributed by atoms with van der Waals surface area (Å²) in [6.45, 7) is 2.86. The zero-order valence-corrected chi connectivity index (χ0v) is 9.67. The lowest BCUT2D eigenvalue weighted by Crippen LogP contribution is -2.36. The average molecular weight is 224 g/mol. The smallest absolute Gasteiger partial charge is 0.235 e. The van der Waals surface area contributed by atoms with Gasteiger partial charge in [-0.3, -0.25) is 0 Å². The predicted molar refractivity (Wildman–Crippen MR) is 60.4 cm³/mol. The van der Waals surface area contributed by atoms with Crippen molar-refractivity contribution in [2.75, 3.05) is 13.7 Å². The Bertz CT molecular complexity index is 479. The van der Waals surface area contributed by atoms with Crippen LogP contribution >= 0.6 is 11.3 Å². The van der Waals surface area contributed by atoms with E-state index in [0.29, 0.717) is 6.54 Å². The van der Waals surface area contributed by atoms with Crippen LogP contribution in [0.3, 0.4) is 0 Å². The lowest BCUT2D eigenvalue weighted by atomic mass is 10.3. The van der Waals surface area contributed by atoms with Crippen LogP contribution < -0.4 is 9.30 Å². The van der Waals surface area contributed by atoms with Gasteiger partial charge in [0.1, 0.15) is 17.1 Å². The minimum Gasteiger partial charge on any atom is -0.497 e. The summed E-state index contributed by atoms with van der Waals surface area (Å²) < 4.78 is 8.53. The van der Waals surface area contributed by atoms with Crippen molar-refractivity contribution >= 4 is 21.6 Å². The summed E-state index contributed by atoms with van der Waals surface area (Å²) >= 11 is 1.73. The van der Waals surface area contributed by atoms with Crippen LogP contribution in [-0.2, 0) is 6.54 Å². The minimum atomic E-state index is 0.161. The van der Waals surface area contributed by atoms with E-state index in [4.69, 9.17) is 9.84 Å². The molecule has 0 aliphatic heterocycles. The van der Waals surface area contributed by atoms with Crippen LogP contribution in [0.4, 0.5) is 0 Å². The summed E-state index contributed by atoms with van der Waals surface area (Å²) in [6.07, 6.45) is 0. The van der Waals surface area contributed by atoms with Crippen molar-refractivity contribution in [2.45, 2.75) is 13.5 Å². The van der Waals surface area contributed by atoms with Crippen LogP contribution in [-0.4, -0.2) is 18.8 Å². The van der Waals surface area contributed by atoms with Gasteiger partial charge in [-0.15, -0.1) is 0 Å². The quantitative estimate of drug-likeness (QED) is 0.801. The van der Waals surface area contributed by atoms with Gasteiger partial charge in [-0.25, -0.2) is 0 Å².